The molecule has 140 valence electrons. The molecule has 6 nitrogen and oxygen atoms in total. The molecule has 3 heterocycles. The predicted octanol–water partition coefficient (Wildman–Crippen LogP) is 3.41. The monoisotopic (exact) mass is 412 g/mol. The molecule has 0 fully saturated rings. The zero-order valence-electron chi connectivity index (χ0n) is 14.6. The average Bonchev–Trinajstić information content (AvgIpc) is 3.28. The van der Waals surface area contributed by atoms with E-state index in [1.165, 1.54) is 23.7 Å². The van der Waals surface area contributed by atoms with E-state index in [-0.39, 0.29) is 17.5 Å². The van der Waals surface area contributed by atoms with Crippen molar-refractivity contribution in [3.63, 3.8) is 0 Å². The second kappa shape index (κ2) is 7.50. The topological polar surface area (TPSA) is 69.4 Å². The van der Waals surface area contributed by atoms with Gasteiger partial charge in [-0.2, -0.15) is 0 Å². The van der Waals surface area contributed by atoms with Crippen molar-refractivity contribution >= 4 is 27.1 Å². The van der Waals surface area contributed by atoms with Crippen LogP contribution in [0.1, 0.15) is 0 Å². The largest absolute Gasteiger partial charge is 0.478 e. The normalized spacial score (nSPS) is 12.0. The highest BCUT2D eigenvalue weighted by atomic mass is 32.2. The van der Waals surface area contributed by atoms with Gasteiger partial charge in [0.2, 0.25) is 5.16 Å². The summed E-state index contributed by atoms with van der Waals surface area (Å²) >= 11 is 1.46. The quantitative estimate of drug-likeness (QED) is 0.371. The molecule has 1 aromatic carbocycles. The third-order valence-electron chi connectivity index (χ3n) is 3.91. The molecule has 3 aromatic heterocycles. The first-order valence-corrected chi connectivity index (χ1v) is 10.5. The molecule has 1 atom stereocenters. The van der Waals surface area contributed by atoms with Crippen LogP contribution < -0.4 is 4.74 Å². The van der Waals surface area contributed by atoms with Crippen molar-refractivity contribution in [2.75, 3.05) is 12.9 Å². The number of nitrogens with zero attached hydrogens (tertiary/aromatic N) is 4. The fraction of sp³-hybridized carbons (Fsp3) is 0.105. The molecule has 1 unspecified atom stereocenters. The maximum atomic E-state index is 14.0. The van der Waals surface area contributed by atoms with Gasteiger partial charge in [-0.25, -0.2) is 19.3 Å². The summed E-state index contributed by atoms with van der Waals surface area (Å²) in [6, 6.07) is 6.21. The van der Waals surface area contributed by atoms with E-state index in [2.05, 4.69) is 20.9 Å². The van der Waals surface area contributed by atoms with Crippen LogP contribution in [-0.4, -0.2) is 36.4 Å². The van der Waals surface area contributed by atoms with E-state index in [1.807, 2.05) is 16.0 Å². The SMILES string of the molecule is C#CCOc1cc(-c2nc3sccn3c2-c2ccnc(S(C)=O)n2)ccc1F. The zero-order valence-corrected chi connectivity index (χ0v) is 16.3. The van der Waals surface area contributed by atoms with Crippen molar-refractivity contribution in [2.45, 2.75) is 5.16 Å². The van der Waals surface area contributed by atoms with Crippen molar-refractivity contribution in [3.8, 4) is 40.7 Å². The summed E-state index contributed by atoms with van der Waals surface area (Å²) in [4.78, 5) is 13.9. The van der Waals surface area contributed by atoms with E-state index >= 15 is 0 Å². The molecule has 0 saturated heterocycles. The van der Waals surface area contributed by atoms with E-state index in [0.29, 0.717) is 22.6 Å². The first-order chi connectivity index (χ1) is 13.6. The number of terminal acetylenes is 1. The summed E-state index contributed by atoms with van der Waals surface area (Å²) in [5.41, 5.74) is 2.51. The highest BCUT2D eigenvalue weighted by Gasteiger charge is 2.20. The number of hydrogen-bond acceptors (Lipinski definition) is 6. The van der Waals surface area contributed by atoms with E-state index in [9.17, 15) is 8.60 Å². The Hall–Kier alpha value is -3.09. The van der Waals surface area contributed by atoms with Gasteiger partial charge in [0, 0.05) is 29.6 Å². The van der Waals surface area contributed by atoms with Crippen LogP contribution in [0.15, 0.2) is 47.2 Å². The molecule has 0 bridgehead atoms. The molecule has 4 rings (SSSR count). The summed E-state index contributed by atoms with van der Waals surface area (Å²) in [5.74, 6) is 1.87. The lowest BCUT2D eigenvalue weighted by molar-refractivity contribution is 0.348. The van der Waals surface area contributed by atoms with Crippen LogP contribution >= 0.6 is 11.3 Å². The zero-order chi connectivity index (χ0) is 19.7. The molecule has 0 spiro atoms. The molecule has 9 heteroatoms. The Labute approximate surface area is 166 Å². The van der Waals surface area contributed by atoms with Gasteiger partial charge in [0.15, 0.2) is 16.5 Å². The van der Waals surface area contributed by atoms with Gasteiger partial charge in [0.1, 0.15) is 12.3 Å². The van der Waals surface area contributed by atoms with Crippen molar-refractivity contribution < 1.29 is 13.3 Å². The van der Waals surface area contributed by atoms with Gasteiger partial charge in [-0.1, -0.05) is 5.92 Å². The minimum absolute atomic E-state index is 0.0386. The van der Waals surface area contributed by atoms with Crippen LogP contribution in [0.5, 0.6) is 5.75 Å². The molecule has 0 amide bonds. The number of aromatic nitrogens is 4. The maximum absolute atomic E-state index is 14.0. The van der Waals surface area contributed by atoms with Crippen molar-refractivity contribution in [2.24, 2.45) is 0 Å². The van der Waals surface area contributed by atoms with Crippen molar-refractivity contribution in [3.05, 3.63) is 47.9 Å². The number of hydrogen-bond donors (Lipinski definition) is 0. The summed E-state index contributed by atoms with van der Waals surface area (Å²) in [7, 11) is -1.32. The Morgan fingerprint density at radius 1 is 1.36 bits per heavy atom. The first-order valence-electron chi connectivity index (χ1n) is 8.07. The molecule has 0 radical (unpaired) electrons. The fourth-order valence-corrected chi connectivity index (χ4v) is 3.87. The summed E-state index contributed by atoms with van der Waals surface area (Å²) in [6.07, 6.45) is 10.1. The highest BCUT2D eigenvalue weighted by Crippen LogP contribution is 2.35. The predicted molar refractivity (Wildman–Crippen MR) is 106 cm³/mol. The van der Waals surface area contributed by atoms with Gasteiger partial charge in [-0.15, -0.1) is 17.8 Å². The summed E-state index contributed by atoms with van der Waals surface area (Å²) in [6.45, 7) is -0.0386. The molecular weight excluding hydrogens is 399 g/mol. The summed E-state index contributed by atoms with van der Waals surface area (Å²) in [5, 5.41) is 2.13. The van der Waals surface area contributed by atoms with Crippen LogP contribution in [0.2, 0.25) is 0 Å². The smallest absolute Gasteiger partial charge is 0.218 e. The van der Waals surface area contributed by atoms with Gasteiger partial charge in [-0.05, 0) is 24.3 Å². The molecule has 0 N–H and O–H groups in total. The highest BCUT2D eigenvalue weighted by molar-refractivity contribution is 7.84. The molecular formula is C19H13FN4O2S2. The standard InChI is InChI=1S/C19H13FN4O2S2/c1-3-9-26-15-11-12(4-5-13(15)20)16-17(24-8-10-27-19(24)23-16)14-6-7-21-18(22-14)28(2)25/h1,4-8,10-11H,9H2,2H3. The van der Waals surface area contributed by atoms with Gasteiger partial charge >= 0.3 is 0 Å². The minimum Gasteiger partial charge on any atom is -0.478 e. The Morgan fingerprint density at radius 2 is 2.21 bits per heavy atom. The van der Waals surface area contributed by atoms with E-state index in [1.54, 1.807) is 24.4 Å². The van der Waals surface area contributed by atoms with Crippen LogP contribution in [-0.2, 0) is 10.8 Å². The maximum Gasteiger partial charge on any atom is 0.218 e. The first kappa shape index (κ1) is 18.3. The minimum atomic E-state index is -1.32. The lowest BCUT2D eigenvalue weighted by Gasteiger charge is -2.08. The van der Waals surface area contributed by atoms with Crippen LogP contribution in [0.4, 0.5) is 4.39 Å². The molecule has 0 aliphatic heterocycles. The molecule has 0 saturated carbocycles. The Morgan fingerprint density at radius 3 is 3.00 bits per heavy atom. The number of benzene rings is 1. The number of rotatable bonds is 5. The lowest BCUT2D eigenvalue weighted by Crippen LogP contribution is -2.00. The number of halogens is 1. The van der Waals surface area contributed by atoms with Crippen molar-refractivity contribution in [1.29, 1.82) is 0 Å². The van der Waals surface area contributed by atoms with E-state index in [0.717, 1.165) is 4.96 Å². The third kappa shape index (κ3) is 3.28. The van der Waals surface area contributed by atoms with Crippen LogP contribution in [0.3, 0.4) is 0 Å². The molecule has 4 aromatic rings. The van der Waals surface area contributed by atoms with Gasteiger partial charge in [0.25, 0.3) is 0 Å². The number of imidazole rings is 1. The Kier molecular flexibility index (Phi) is 4.90. The van der Waals surface area contributed by atoms with Gasteiger partial charge in [-0.3, -0.25) is 8.61 Å². The van der Waals surface area contributed by atoms with Crippen LogP contribution in [0, 0.1) is 18.2 Å². The molecule has 28 heavy (non-hydrogen) atoms. The van der Waals surface area contributed by atoms with E-state index < -0.39 is 16.6 Å². The third-order valence-corrected chi connectivity index (χ3v) is 5.38. The Balaban J connectivity index is 1.91. The lowest BCUT2D eigenvalue weighted by atomic mass is 10.1. The second-order valence-corrected chi connectivity index (χ2v) is 7.83. The fourth-order valence-electron chi connectivity index (χ4n) is 2.72. The Bertz CT molecular complexity index is 1240. The average molecular weight is 412 g/mol. The number of thiazole rings is 1. The van der Waals surface area contributed by atoms with Crippen molar-refractivity contribution in [1.82, 2.24) is 19.4 Å². The van der Waals surface area contributed by atoms with Crippen LogP contribution in [0.25, 0.3) is 27.6 Å². The van der Waals surface area contributed by atoms with Gasteiger partial charge < -0.3 is 4.74 Å². The van der Waals surface area contributed by atoms with E-state index in [4.69, 9.17) is 11.2 Å². The molecule has 0 aliphatic rings. The number of ether oxygens (including phenoxy) is 1. The summed E-state index contributed by atoms with van der Waals surface area (Å²) < 4.78 is 33.0. The second-order valence-electron chi connectivity index (χ2n) is 5.68. The van der Waals surface area contributed by atoms with Gasteiger partial charge in [0.05, 0.1) is 22.2 Å². The number of fused-ring (bicyclic) bond motifs is 1. The molecule has 0 aliphatic carbocycles.